The summed E-state index contributed by atoms with van der Waals surface area (Å²) >= 11 is 0. The van der Waals surface area contributed by atoms with Gasteiger partial charge in [-0.15, -0.1) is 0 Å². The Kier molecular flexibility index (Phi) is 4.25. The molecule has 2 aromatic carbocycles. The van der Waals surface area contributed by atoms with Crippen molar-refractivity contribution in [3.8, 4) is 5.75 Å². The van der Waals surface area contributed by atoms with Gasteiger partial charge in [0.05, 0.1) is 0 Å². The predicted octanol–water partition coefficient (Wildman–Crippen LogP) is 2.90. The Morgan fingerprint density at radius 2 is 1.80 bits per heavy atom. The first kappa shape index (κ1) is 13.9. The first-order valence-electron chi connectivity index (χ1n) is 6.40. The number of nitrogens with two attached hydrogens (primary N) is 1. The molecular formula is C16H18N2O2. The fraction of sp³-hybridized carbons (Fsp3) is 0.188. The lowest BCUT2D eigenvalue weighted by Gasteiger charge is -2.12. The van der Waals surface area contributed by atoms with Crippen LogP contribution in [0.5, 0.6) is 5.75 Å². The summed E-state index contributed by atoms with van der Waals surface area (Å²) in [5.41, 5.74) is 8.96. The van der Waals surface area contributed by atoms with Gasteiger partial charge in [0.15, 0.2) is 6.61 Å². The Labute approximate surface area is 118 Å². The van der Waals surface area contributed by atoms with E-state index in [4.69, 9.17) is 10.5 Å². The normalized spacial score (nSPS) is 10.1. The molecule has 0 fully saturated rings. The fourth-order valence-electron chi connectivity index (χ4n) is 1.98. The Bertz CT molecular complexity index is 603. The lowest BCUT2D eigenvalue weighted by Crippen LogP contribution is -2.20. The van der Waals surface area contributed by atoms with Gasteiger partial charge in [0, 0.05) is 11.4 Å². The number of aryl methyl sites for hydroxylation is 2. The molecule has 20 heavy (non-hydrogen) atoms. The summed E-state index contributed by atoms with van der Waals surface area (Å²) in [7, 11) is 0. The summed E-state index contributed by atoms with van der Waals surface area (Å²) < 4.78 is 5.59. The molecule has 0 bridgehead atoms. The quantitative estimate of drug-likeness (QED) is 0.840. The van der Waals surface area contributed by atoms with E-state index in [0.29, 0.717) is 11.4 Å². The Morgan fingerprint density at radius 3 is 2.45 bits per heavy atom. The van der Waals surface area contributed by atoms with Gasteiger partial charge in [0.2, 0.25) is 0 Å². The molecule has 0 aliphatic rings. The van der Waals surface area contributed by atoms with Gasteiger partial charge >= 0.3 is 0 Å². The minimum atomic E-state index is -0.210. The smallest absolute Gasteiger partial charge is 0.262 e. The average molecular weight is 270 g/mol. The average Bonchev–Trinajstić information content (AvgIpc) is 2.38. The number of para-hydroxylation sites is 1. The molecule has 1 amide bonds. The van der Waals surface area contributed by atoms with Gasteiger partial charge in [0.25, 0.3) is 5.91 Å². The zero-order chi connectivity index (χ0) is 14.5. The second-order valence-corrected chi connectivity index (χ2v) is 4.68. The number of ether oxygens (including phenoxy) is 1. The minimum absolute atomic E-state index is 0.0273. The van der Waals surface area contributed by atoms with Crippen LogP contribution in [0.25, 0.3) is 0 Å². The molecule has 0 aliphatic heterocycles. The van der Waals surface area contributed by atoms with Crippen LogP contribution in [0.2, 0.25) is 0 Å². The minimum Gasteiger partial charge on any atom is -0.483 e. The van der Waals surface area contributed by atoms with Crippen molar-refractivity contribution in [2.24, 2.45) is 0 Å². The third kappa shape index (κ3) is 3.51. The van der Waals surface area contributed by atoms with Gasteiger partial charge in [-0.3, -0.25) is 4.79 Å². The molecule has 0 atom stereocenters. The number of carbonyl (C=O) groups excluding carboxylic acids is 1. The van der Waals surface area contributed by atoms with E-state index in [1.54, 1.807) is 24.3 Å². The molecule has 3 N–H and O–H groups in total. The lowest BCUT2D eigenvalue weighted by molar-refractivity contribution is -0.118. The third-order valence-electron chi connectivity index (χ3n) is 2.93. The SMILES string of the molecule is Cc1cccc(C)c1OCC(=O)Nc1cccc(N)c1. The Balaban J connectivity index is 1.96. The van der Waals surface area contributed by atoms with E-state index in [2.05, 4.69) is 5.32 Å². The maximum absolute atomic E-state index is 11.8. The maximum atomic E-state index is 11.8. The number of rotatable bonds is 4. The largest absolute Gasteiger partial charge is 0.483 e. The van der Waals surface area contributed by atoms with E-state index in [9.17, 15) is 4.79 Å². The molecule has 0 unspecified atom stereocenters. The van der Waals surface area contributed by atoms with Gasteiger partial charge in [0.1, 0.15) is 5.75 Å². The first-order chi connectivity index (χ1) is 9.56. The Morgan fingerprint density at radius 1 is 1.15 bits per heavy atom. The number of carbonyl (C=O) groups is 1. The number of hydrogen-bond acceptors (Lipinski definition) is 3. The molecule has 104 valence electrons. The number of nitrogens with one attached hydrogen (secondary N) is 1. The van der Waals surface area contributed by atoms with Crippen LogP contribution in [0, 0.1) is 13.8 Å². The second-order valence-electron chi connectivity index (χ2n) is 4.68. The molecule has 0 radical (unpaired) electrons. The molecule has 0 saturated heterocycles. The van der Waals surface area contributed by atoms with Crippen molar-refractivity contribution in [1.29, 1.82) is 0 Å². The van der Waals surface area contributed by atoms with E-state index in [1.165, 1.54) is 0 Å². The number of hydrogen-bond donors (Lipinski definition) is 2. The number of amides is 1. The van der Waals surface area contributed by atoms with Crippen LogP contribution < -0.4 is 15.8 Å². The van der Waals surface area contributed by atoms with Crippen molar-refractivity contribution in [2.45, 2.75) is 13.8 Å². The fourth-order valence-corrected chi connectivity index (χ4v) is 1.98. The van der Waals surface area contributed by atoms with Gasteiger partial charge < -0.3 is 15.8 Å². The molecular weight excluding hydrogens is 252 g/mol. The van der Waals surface area contributed by atoms with Gasteiger partial charge in [-0.2, -0.15) is 0 Å². The van der Waals surface area contributed by atoms with Crippen molar-refractivity contribution >= 4 is 17.3 Å². The highest BCUT2D eigenvalue weighted by atomic mass is 16.5. The third-order valence-corrected chi connectivity index (χ3v) is 2.93. The van der Waals surface area contributed by atoms with Gasteiger partial charge in [-0.05, 0) is 43.2 Å². The second kappa shape index (κ2) is 6.10. The highest BCUT2D eigenvalue weighted by molar-refractivity contribution is 5.92. The highest BCUT2D eigenvalue weighted by Gasteiger charge is 2.07. The highest BCUT2D eigenvalue weighted by Crippen LogP contribution is 2.22. The van der Waals surface area contributed by atoms with E-state index in [-0.39, 0.29) is 12.5 Å². The standard InChI is InChI=1S/C16H18N2O2/c1-11-5-3-6-12(2)16(11)20-10-15(19)18-14-8-4-7-13(17)9-14/h3-9H,10,17H2,1-2H3,(H,18,19). The van der Waals surface area contributed by atoms with Crippen molar-refractivity contribution in [3.63, 3.8) is 0 Å². The van der Waals surface area contributed by atoms with Crippen LogP contribution >= 0.6 is 0 Å². The van der Waals surface area contributed by atoms with Crippen LogP contribution in [-0.2, 0) is 4.79 Å². The van der Waals surface area contributed by atoms with E-state index >= 15 is 0 Å². The first-order valence-corrected chi connectivity index (χ1v) is 6.40. The predicted molar refractivity (Wildman–Crippen MR) is 80.9 cm³/mol. The summed E-state index contributed by atoms with van der Waals surface area (Å²) in [6.45, 7) is 3.89. The van der Waals surface area contributed by atoms with E-state index < -0.39 is 0 Å². The molecule has 0 heterocycles. The summed E-state index contributed by atoms with van der Waals surface area (Å²) in [5, 5.41) is 2.75. The molecule has 2 rings (SSSR count). The molecule has 4 nitrogen and oxygen atoms in total. The summed E-state index contributed by atoms with van der Waals surface area (Å²) in [5.74, 6) is 0.550. The monoisotopic (exact) mass is 270 g/mol. The van der Waals surface area contributed by atoms with Crippen LogP contribution in [0.1, 0.15) is 11.1 Å². The van der Waals surface area contributed by atoms with E-state index in [1.807, 2.05) is 32.0 Å². The topological polar surface area (TPSA) is 64.3 Å². The van der Waals surface area contributed by atoms with Crippen LogP contribution in [0.15, 0.2) is 42.5 Å². The molecule has 0 aliphatic carbocycles. The van der Waals surface area contributed by atoms with Crippen molar-refractivity contribution < 1.29 is 9.53 Å². The molecule has 0 saturated carbocycles. The van der Waals surface area contributed by atoms with Crippen LogP contribution in [-0.4, -0.2) is 12.5 Å². The number of nitrogen functional groups attached to an aromatic ring is 1. The van der Waals surface area contributed by atoms with Gasteiger partial charge in [-0.1, -0.05) is 24.3 Å². The zero-order valence-electron chi connectivity index (χ0n) is 11.6. The zero-order valence-corrected chi connectivity index (χ0v) is 11.6. The maximum Gasteiger partial charge on any atom is 0.262 e. The van der Waals surface area contributed by atoms with E-state index in [0.717, 1.165) is 16.9 Å². The summed E-state index contributed by atoms with van der Waals surface area (Å²) in [6.07, 6.45) is 0. The molecule has 0 spiro atoms. The summed E-state index contributed by atoms with van der Waals surface area (Å²) in [4.78, 5) is 11.8. The van der Waals surface area contributed by atoms with Crippen molar-refractivity contribution in [3.05, 3.63) is 53.6 Å². The Hall–Kier alpha value is -2.49. The van der Waals surface area contributed by atoms with Crippen molar-refractivity contribution in [2.75, 3.05) is 17.7 Å². The molecule has 4 heteroatoms. The molecule has 0 aromatic heterocycles. The van der Waals surface area contributed by atoms with Crippen molar-refractivity contribution in [1.82, 2.24) is 0 Å². The molecule has 2 aromatic rings. The summed E-state index contributed by atoms with van der Waals surface area (Å²) in [6, 6.07) is 12.9. The number of benzene rings is 2. The van der Waals surface area contributed by atoms with Crippen LogP contribution in [0.3, 0.4) is 0 Å². The number of anilines is 2. The lowest BCUT2D eigenvalue weighted by atomic mass is 10.1. The van der Waals surface area contributed by atoms with Gasteiger partial charge in [-0.25, -0.2) is 0 Å². The van der Waals surface area contributed by atoms with Crippen LogP contribution in [0.4, 0.5) is 11.4 Å².